The summed E-state index contributed by atoms with van der Waals surface area (Å²) in [5, 5.41) is 6.32. The molecule has 0 radical (unpaired) electrons. The van der Waals surface area contributed by atoms with Crippen LogP contribution in [0.3, 0.4) is 0 Å². The van der Waals surface area contributed by atoms with E-state index in [0.717, 1.165) is 5.69 Å². The molecular weight excluding hydrogens is 344 g/mol. The number of anilines is 2. The van der Waals surface area contributed by atoms with Crippen LogP contribution in [0.1, 0.15) is 16.8 Å². The van der Waals surface area contributed by atoms with Gasteiger partial charge in [-0.25, -0.2) is 4.79 Å². The lowest BCUT2D eigenvalue weighted by Crippen LogP contribution is -2.18. The first-order chi connectivity index (χ1) is 12.0. The summed E-state index contributed by atoms with van der Waals surface area (Å²) >= 11 is 6.05. The zero-order valence-electron chi connectivity index (χ0n) is 14.0. The summed E-state index contributed by atoms with van der Waals surface area (Å²) in [7, 11) is 2.84. The van der Waals surface area contributed by atoms with E-state index in [1.165, 1.54) is 7.11 Å². The van der Waals surface area contributed by atoms with E-state index in [-0.39, 0.29) is 12.3 Å². The number of hydrogen-bond donors (Lipinski definition) is 2. The van der Waals surface area contributed by atoms with Crippen LogP contribution < -0.4 is 15.4 Å². The Morgan fingerprint density at radius 3 is 2.56 bits per heavy atom. The molecule has 2 aromatic rings. The number of para-hydroxylation sites is 1. The van der Waals surface area contributed by atoms with Gasteiger partial charge in [0.1, 0.15) is 5.75 Å². The van der Waals surface area contributed by atoms with Gasteiger partial charge >= 0.3 is 5.97 Å². The van der Waals surface area contributed by atoms with Crippen molar-refractivity contribution in [3.8, 4) is 5.75 Å². The molecule has 0 saturated heterocycles. The topological polar surface area (TPSA) is 76.7 Å². The zero-order chi connectivity index (χ0) is 18.2. The second-order valence-corrected chi connectivity index (χ2v) is 5.52. The maximum Gasteiger partial charge on any atom is 0.339 e. The summed E-state index contributed by atoms with van der Waals surface area (Å²) in [5.74, 6) is -0.130. The quantitative estimate of drug-likeness (QED) is 0.736. The lowest BCUT2D eigenvalue weighted by molar-refractivity contribution is -0.115. The van der Waals surface area contributed by atoms with E-state index in [1.807, 2.05) is 6.07 Å². The number of rotatable bonds is 7. The van der Waals surface area contributed by atoms with Crippen molar-refractivity contribution in [2.24, 2.45) is 0 Å². The van der Waals surface area contributed by atoms with Crippen LogP contribution in [-0.4, -0.2) is 32.6 Å². The van der Waals surface area contributed by atoms with E-state index in [0.29, 0.717) is 28.6 Å². The van der Waals surface area contributed by atoms with E-state index in [2.05, 4.69) is 10.6 Å². The number of amides is 1. The lowest BCUT2D eigenvalue weighted by atomic mass is 10.1. The Bertz CT molecular complexity index is 764. The van der Waals surface area contributed by atoms with Gasteiger partial charge in [0, 0.05) is 18.7 Å². The summed E-state index contributed by atoms with van der Waals surface area (Å²) in [6.07, 6.45) is 0.221. The van der Waals surface area contributed by atoms with Gasteiger partial charge in [0.2, 0.25) is 5.91 Å². The van der Waals surface area contributed by atoms with Gasteiger partial charge in [0.05, 0.1) is 30.5 Å². The van der Waals surface area contributed by atoms with Crippen molar-refractivity contribution in [1.29, 1.82) is 0 Å². The van der Waals surface area contributed by atoms with Gasteiger partial charge in [0.25, 0.3) is 0 Å². The maximum atomic E-state index is 12.1. The van der Waals surface area contributed by atoms with Crippen LogP contribution in [0.15, 0.2) is 42.5 Å². The highest BCUT2D eigenvalue weighted by Gasteiger charge is 2.13. The number of esters is 1. The SMILES string of the molecule is COC(=O)c1ccccc1NC(=O)CCNc1ccc(OC)c(Cl)c1. The Morgan fingerprint density at radius 2 is 1.88 bits per heavy atom. The largest absolute Gasteiger partial charge is 0.495 e. The molecule has 6 nitrogen and oxygen atoms in total. The number of hydrogen-bond acceptors (Lipinski definition) is 5. The van der Waals surface area contributed by atoms with E-state index >= 15 is 0 Å². The molecule has 2 aromatic carbocycles. The normalized spacial score (nSPS) is 10.0. The van der Waals surface area contributed by atoms with E-state index < -0.39 is 5.97 Å². The average molecular weight is 363 g/mol. The Kier molecular flexibility index (Phi) is 6.65. The fraction of sp³-hybridized carbons (Fsp3) is 0.222. The molecule has 0 aliphatic carbocycles. The molecule has 2 rings (SSSR count). The number of methoxy groups -OCH3 is 2. The molecule has 132 valence electrons. The molecule has 7 heteroatoms. The van der Waals surface area contributed by atoms with Crippen LogP contribution in [0.2, 0.25) is 5.02 Å². The fourth-order valence-electron chi connectivity index (χ4n) is 2.19. The Balaban J connectivity index is 1.89. The van der Waals surface area contributed by atoms with Crippen LogP contribution >= 0.6 is 11.6 Å². The third kappa shape index (κ3) is 5.12. The number of nitrogens with one attached hydrogen (secondary N) is 2. The van der Waals surface area contributed by atoms with Gasteiger partial charge in [-0.1, -0.05) is 23.7 Å². The smallest absolute Gasteiger partial charge is 0.339 e. The average Bonchev–Trinajstić information content (AvgIpc) is 2.61. The molecule has 0 fully saturated rings. The standard InChI is InChI=1S/C18H19ClN2O4/c1-24-16-8-7-12(11-14(16)19)20-10-9-17(22)21-15-6-4-3-5-13(15)18(23)25-2/h3-8,11,20H,9-10H2,1-2H3,(H,21,22). The van der Waals surface area contributed by atoms with E-state index in [4.69, 9.17) is 21.1 Å². The van der Waals surface area contributed by atoms with Crippen molar-refractivity contribution in [3.05, 3.63) is 53.1 Å². The first-order valence-corrected chi connectivity index (χ1v) is 7.97. The summed E-state index contributed by atoms with van der Waals surface area (Å²) < 4.78 is 9.79. The van der Waals surface area contributed by atoms with Crippen molar-refractivity contribution in [2.75, 3.05) is 31.4 Å². The summed E-state index contributed by atoms with van der Waals surface area (Å²) in [6.45, 7) is 0.412. The molecular formula is C18H19ClN2O4. The van der Waals surface area contributed by atoms with Crippen LogP contribution in [0.5, 0.6) is 5.75 Å². The molecule has 25 heavy (non-hydrogen) atoms. The van der Waals surface area contributed by atoms with Crippen molar-refractivity contribution >= 4 is 34.9 Å². The molecule has 0 heterocycles. The minimum absolute atomic E-state index is 0.219. The second kappa shape index (κ2) is 8.94. The molecule has 0 aliphatic heterocycles. The number of benzene rings is 2. The third-order valence-electron chi connectivity index (χ3n) is 3.44. The van der Waals surface area contributed by atoms with Gasteiger partial charge in [-0.2, -0.15) is 0 Å². The Hall–Kier alpha value is -2.73. The molecule has 1 amide bonds. The molecule has 0 aromatic heterocycles. The molecule has 0 saturated carbocycles. The van der Waals surface area contributed by atoms with Crippen LogP contribution in [0.4, 0.5) is 11.4 Å². The highest BCUT2D eigenvalue weighted by molar-refractivity contribution is 6.32. The predicted octanol–water partition coefficient (Wildman–Crippen LogP) is 3.58. The van der Waals surface area contributed by atoms with E-state index in [1.54, 1.807) is 43.5 Å². The summed E-state index contributed by atoms with van der Waals surface area (Å²) in [4.78, 5) is 23.8. The van der Waals surface area contributed by atoms with Crippen LogP contribution in [0, 0.1) is 0 Å². The van der Waals surface area contributed by atoms with Crippen molar-refractivity contribution in [1.82, 2.24) is 0 Å². The van der Waals surface area contributed by atoms with E-state index in [9.17, 15) is 9.59 Å². The van der Waals surface area contributed by atoms with Crippen LogP contribution in [-0.2, 0) is 9.53 Å². The minimum atomic E-state index is -0.498. The minimum Gasteiger partial charge on any atom is -0.495 e. The second-order valence-electron chi connectivity index (χ2n) is 5.11. The summed E-state index contributed by atoms with van der Waals surface area (Å²) in [6, 6.07) is 12.0. The van der Waals surface area contributed by atoms with Crippen LogP contribution in [0.25, 0.3) is 0 Å². The van der Waals surface area contributed by atoms with Gasteiger partial charge in [0.15, 0.2) is 0 Å². The fourth-order valence-corrected chi connectivity index (χ4v) is 2.45. The predicted molar refractivity (Wildman–Crippen MR) is 97.5 cm³/mol. The summed E-state index contributed by atoms with van der Waals surface area (Å²) in [5.41, 5.74) is 1.52. The zero-order valence-corrected chi connectivity index (χ0v) is 14.7. The molecule has 0 unspecified atom stereocenters. The first-order valence-electron chi connectivity index (χ1n) is 7.59. The van der Waals surface area contributed by atoms with Crippen molar-refractivity contribution in [2.45, 2.75) is 6.42 Å². The first kappa shape index (κ1) is 18.6. The molecule has 0 bridgehead atoms. The molecule has 0 aliphatic rings. The van der Waals surface area contributed by atoms with Gasteiger partial charge in [-0.05, 0) is 30.3 Å². The third-order valence-corrected chi connectivity index (χ3v) is 3.73. The number of carbonyl (C=O) groups is 2. The van der Waals surface area contributed by atoms with Gasteiger partial charge in [-0.15, -0.1) is 0 Å². The molecule has 0 spiro atoms. The van der Waals surface area contributed by atoms with Gasteiger partial charge < -0.3 is 20.1 Å². The number of carbonyl (C=O) groups excluding carboxylic acids is 2. The lowest BCUT2D eigenvalue weighted by Gasteiger charge is -2.11. The molecule has 0 atom stereocenters. The number of halogens is 1. The molecule has 2 N–H and O–H groups in total. The highest BCUT2D eigenvalue weighted by Crippen LogP contribution is 2.27. The van der Waals surface area contributed by atoms with Crippen molar-refractivity contribution < 1.29 is 19.1 Å². The Labute approximate surface area is 151 Å². The maximum absolute atomic E-state index is 12.1. The monoisotopic (exact) mass is 362 g/mol. The van der Waals surface area contributed by atoms with Gasteiger partial charge in [-0.3, -0.25) is 4.79 Å². The highest BCUT2D eigenvalue weighted by atomic mass is 35.5. The number of ether oxygens (including phenoxy) is 2. The van der Waals surface area contributed by atoms with Crippen molar-refractivity contribution in [3.63, 3.8) is 0 Å². The Morgan fingerprint density at radius 1 is 1.12 bits per heavy atom.